The fourth-order valence-corrected chi connectivity index (χ4v) is 5.84. The summed E-state index contributed by atoms with van der Waals surface area (Å²) in [5, 5.41) is 3.27. The number of nitrogens with zero attached hydrogens (tertiary/aromatic N) is 1. The van der Waals surface area contributed by atoms with Crippen molar-refractivity contribution in [2.24, 2.45) is 5.92 Å². The standard InChI is InChI=1S/C22H32N2O3/c1-24-12-11-22(16-7-8-18(26-2)19(14-16)27-3)10-9-15(13-20(22)24)17-5-4-6-21(25)23-17/h7-8,14-15,17,20H,4-6,9-13H2,1-3H3,(H,23,25). The van der Waals surface area contributed by atoms with Gasteiger partial charge in [0, 0.05) is 23.9 Å². The van der Waals surface area contributed by atoms with Gasteiger partial charge in [-0.25, -0.2) is 0 Å². The number of nitrogens with one attached hydrogen (secondary N) is 1. The van der Waals surface area contributed by atoms with E-state index in [1.54, 1.807) is 14.2 Å². The molecule has 1 aromatic rings. The van der Waals surface area contributed by atoms with Crippen molar-refractivity contribution in [1.29, 1.82) is 0 Å². The number of fused-ring (bicyclic) bond motifs is 1. The molecular formula is C22H32N2O3. The number of hydrogen-bond donors (Lipinski definition) is 1. The lowest BCUT2D eigenvalue weighted by atomic mass is 9.62. The molecule has 5 nitrogen and oxygen atoms in total. The minimum absolute atomic E-state index is 0.184. The molecule has 5 heteroatoms. The second kappa shape index (κ2) is 7.34. The van der Waals surface area contributed by atoms with Crippen LogP contribution in [0.3, 0.4) is 0 Å². The van der Waals surface area contributed by atoms with E-state index in [1.807, 2.05) is 6.07 Å². The molecule has 2 heterocycles. The molecule has 1 N–H and O–H groups in total. The van der Waals surface area contributed by atoms with Crippen molar-refractivity contribution in [3.63, 3.8) is 0 Å². The third kappa shape index (κ3) is 3.20. The first-order valence-electron chi connectivity index (χ1n) is 10.3. The van der Waals surface area contributed by atoms with Crippen LogP contribution in [0.4, 0.5) is 0 Å². The maximum atomic E-state index is 11.9. The van der Waals surface area contributed by atoms with Crippen LogP contribution in [0.1, 0.15) is 50.5 Å². The number of piperidine rings is 1. The summed E-state index contributed by atoms with van der Waals surface area (Å²) in [4.78, 5) is 14.4. The number of likely N-dealkylation sites (N-methyl/N-ethyl adjacent to an activating group) is 1. The molecule has 0 radical (unpaired) electrons. The van der Waals surface area contributed by atoms with Gasteiger partial charge in [-0.05, 0) is 75.7 Å². The lowest BCUT2D eigenvalue weighted by Gasteiger charge is -2.47. The average Bonchev–Trinajstić information content (AvgIpc) is 3.04. The molecule has 4 atom stereocenters. The molecule has 2 saturated heterocycles. The first kappa shape index (κ1) is 18.6. The van der Waals surface area contributed by atoms with Gasteiger partial charge in [0.15, 0.2) is 11.5 Å². The number of methoxy groups -OCH3 is 2. The Balaban J connectivity index is 1.60. The highest BCUT2D eigenvalue weighted by Crippen LogP contribution is 2.52. The maximum absolute atomic E-state index is 11.9. The van der Waals surface area contributed by atoms with Gasteiger partial charge in [-0.15, -0.1) is 0 Å². The van der Waals surface area contributed by atoms with Crippen molar-refractivity contribution >= 4 is 5.91 Å². The quantitative estimate of drug-likeness (QED) is 0.882. The monoisotopic (exact) mass is 372 g/mol. The number of likely N-dealkylation sites (tertiary alicyclic amines) is 1. The topological polar surface area (TPSA) is 50.8 Å². The molecule has 1 aliphatic carbocycles. The van der Waals surface area contributed by atoms with Gasteiger partial charge in [0.25, 0.3) is 0 Å². The summed E-state index contributed by atoms with van der Waals surface area (Å²) >= 11 is 0. The van der Waals surface area contributed by atoms with Gasteiger partial charge in [-0.2, -0.15) is 0 Å². The minimum Gasteiger partial charge on any atom is -0.493 e. The predicted octanol–water partition coefficient (Wildman–Crippen LogP) is 3.11. The Morgan fingerprint density at radius 2 is 1.96 bits per heavy atom. The molecule has 0 aromatic heterocycles. The second-order valence-electron chi connectivity index (χ2n) is 8.57. The molecule has 4 rings (SSSR count). The highest BCUT2D eigenvalue weighted by molar-refractivity contribution is 5.77. The third-order valence-electron chi connectivity index (χ3n) is 7.36. The summed E-state index contributed by atoms with van der Waals surface area (Å²) in [6.45, 7) is 1.13. The predicted molar refractivity (Wildman–Crippen MR) is 105 cm³/mol. The summed E-state index contributed by atoms with van der Waals surface area (Å²) < 4.78 is 11.0. The van der Waals surface area contributed by atoms with Crippen LogP contribution in [-0.2, 0) is 10.2 Å². The smallest absolute Gasteiger partial charge is 0.220 e. The molecule has 1 saturated carbocycles. The molecule has 27 heavy (non-hydrogen) atoms. The van der Waals surface area contributed by atoms with Crippen molar-refractivity contribution in [1.82, 2.24) is 10.2 Å². The van der Waals surface area contributed by atoms with Crippen molar-refractivity contribution in [3.8, 4) is 11.5 Å². The largest absolute Gasteiger partial charge is 0.493 e. The molecule has 1 amide bonds. The first-order valence-corrected chi connectivity index (χ1v) is 10.3. The number of carbonyl (C=O) groups is 1. The van der Waals surface area contributed by atoms with E-state index in [0.717, 1.165) is 37.3 Å². The second-order valence-corrected chi connectivity index (χ2v) is 8.57. The van der Waals surface area contributed by atoms with Gasteiger partial charge in [-0.3, -0.25) is 4.79 Å². The van der Waals surface area contributed by atoms with Crippen LogP contribution in [0, 0.1) is 5.92 Å². The van der Waals surface area contributed by atoms with E-state index in [0.29, 0.717) is 24.4 Å². The van der Waals surface area contributed by atoms with Gasteiger partial charge >= 0.3 is 0 Å². The van der Waals surface area contributed by atoms with E-state index in [2.05, 4.69) is 29.4 Å². The highest BCUT2D eigenvalue weighted by Gasteiger charge is 2.51. The van der Waals surface area contributed by atoms with Gasteiger partial charge in [0.05, 0.1) is 14.2 Å². The lowest BCUT2D eigenvalue weighted by Crippen LogP contribution is -2.52. The van der Waals surface area contributed by atoms with Gasteiger partial charge in [-0.1, -0.05) is 6.07 Å². The first-order chi connectivity index (χ1) is 13.1. The van der Waals surface area contributed by atoms with Crippen molar-refractivity contribution in [3.05, 3.63) is 23.8 Å². The van der Waals surface area contributed by atoms with Crippen molar-refractivity contribution < 1.29 is 14.3 Å². The number of amides is 1. The number of ether oxygens (including phenoxy) is 2. The fourth-order valence-electron chi connectivity index (χ4n) is 5.84. The number of rotatable bonds is 4. The summed E-state index contributed by atoms with van der Waals surface area (Å²) in [7, 11) is 5.65. The molecule has 4 unspecified atom stereocenters. The Hall–Kier alpha value is -1.75. The highest BCUT2D eigenvalue weighted by atomic mass is 16.5. The van der Waals surface area contributed by atoms with Crippen LogP contribution in [0.25, 0.3) is 0 Å². The molecule has 0 bridgehead atoms. The van der Waals surface area contributed by atoms with Crippen LogP contribution in [-0.4, -0.2) is 50.7 Å². The van der Waals surface area contributed by atoms with Crippen LogP contribution < -0.4 is 14.8 Å². The molecule has 3 fully saturated rings. The van der Waals surface area contributed by atoms with Crippen LogP contribution in [0.15, 0.2) is 18.2 Å². The summed E-state index contributed by atoms with van der Waals surface area (Å²) in [5.74, 6) is 2.44. The van der Waals surface area contributed by atoms with Gasteiger partial charge < -0.3 is 19.7 Å². The molecule has 0 spiro atoms. The van der Waals surface area contributed by atoms with Crippen molar-refractivity contribution in [2.45, 2.75) is 62.4 Å². The Morgan fingerprint density at radius 1 is 1.15 bits per heavy atom. The Morgan fingerprint density at radius 3 is 2.70 bits per heavy atom. The van der Waals surface area contributed by atoms with E-state index in [-0.39, 0.29) is 11.3 Å². The fraction of sp³-hybridized carbons (Fsp3) is 0.682. The number of benzene rings is 1. The van der Waals surface area contributed by atoms with Crippen molar-refractivity contribution in [2.75, 3.05) is 27.8 Å². The SMILES string of the molecule is COc1ccc(C23CCC(C4CCCC(=O)N4)CC2N(C)CC3)cc1OC. The Labute approximate surface area is 162 Å². The van der Waals surface area contributed by atoms with Gasteiger partial charge in [0.2, 0.25) is 5.91 Å². The summed E-state index contributed by atoms with van der Waals surface area (Å²) in [6.07, 6.45) is 7.58. The number of carbonyl (C=O) groups excluding carboxylic acids is 1. The zero-order valence-electron chi connectivity index (χ0n) is 16.8. The average molecular weight is 373 g/mol. The van der Waals surface area contributed by atoms with Crippen LogP contribution >= 0.6 is 0 Å². The zero-order valence-corrected chi connectivity index (χ0v) is 16.8. The maximum Gasteiger partial charge on any atom is 0.220 e. The molecule has 2 aliphatic heterocycles. The molecule has 3 aliphatic rings. The Kier molecular flexibility index (Phi) is 5.06. The Bertz CT molecular complexity index is 707. The normalized spacial score (nSPS) is 34.0. The van der Waals surface area contributed by atoms with E-state index < -0.39 is 0 Å². The van der Waals surface area contributed by atoms with E-state index in [4.69, 9.17) is 9.47 Å². The molecule has 1 aromatic carbocycles. The zero-order chi connectivity index (χ0) is 19.0. The summed E-state index contributed by atoms with van der Waals surface area (Å²) in [5.41, 5.74) is 1.56. The minimum atomic E-state index is 0.184. The van der Waals surface area contributed by atoms with E-state index in [9.17, 15) is 4.79 Å². The van der Waals surface area contributed by atoms with E-state index in [1.165, 1.54) is 24.8 Å². The summed E-state index contributed by atoms with van der Waals surface area (Å²) in [6, 6.07) is 7.35. The molecule has 148 valence electrons. The van der Waals surface area contributed by atoms with E-state index >= 15 is 0 Å². The molecular weight excluding hydrogens is 340 g/mol. The lowest BCUT2D eigenvalue weighted by molar-refractivity contribution is -0.124. The third-order valence-corrected chi connectivity index (χ3v) is 7.36. The van der Waals surface area contributed by atoms with Crippen LogP contribution in [0.5, 0.6) is 11.5 Å². The number of hydrogen-bond acceptors (Lipinski definition) is 4. The van der Waals surface area contributed by atoms with Crippen LogP contribution in [0.2, 0.25) is 0 Å². The van der Waals surface area contributed by atoms with Gasteiger partial charge in [0.1, 0.15) is 0 Å².